The van der Waals surface area contributed by atoms with E-state index in [1.165, 1.54) is 6.42 Å². The number of hydrogen-bond donors (Lipinski definition) is 1. The number of fused-ring (bicyclic) bond motifs is 3. The molecule has 1 aliphatic heterocycles. The number of carbonyl (C=O) groups excluding carboxylic acids is 2. The molecule has 8 heteroatoms. The molecule has 5 rings (SSSR count). The van der Waals surface area contributed by atoms with E-state index in [4.69, 9.17) is 13.9 Å². The highest BCUT2D eigenvalue weighted by Crippen LogP contribution is 2.38. The van der Waals surface area contributed by atoms with Gasteiger partial charge >= 0.3 is 0 Å². The van der Waals surface area contributed by atoms with E-state index in [2.05, 4.69) is 19.2 Å². The average molecular weight is 494 g/mol. The highest BCUT2D eigenvalue weighted by Gasteiger charge is 2.49. The summed E-state index contributed by atoms with van der Waals surface area (Å²) in [6.45, 7) is 6.84. The number of rotatable bonds is 6. The van der Waals surface area contributed by atoms with Crippen LogP contribution in [0.2, 0.25) is 0 Å². The summed E-state index contributed by atoms with van der Waals surface area (Å²) in [7, 11) is 3.16. The van der Waals surface area contributed by atoms with Gasteiger partial charge in [0.05, 0.1) is 39.1 Å². The molecule has 0 unspecified atom stereocenters. The van der Waals surface area contributed by atoms with Crippen molar-refractivity contribution < 1.29 is 23.5 Å². The molecule has 3 aromatic rings. The number of nitrogens with zero attached hydrogens (tertiary/aromatic N) is 2. The van der Waals surface area contributed by atoms with Crippen LogP contribution in [0.3, 0.4) is 0 Å². The van der Waals surface area contributed by atoms with Crippen molar-refractivity contribution in [2.45, 2.75) is 64.7 Å². The van der Waals surface area contributed by atoms with Crippen LogP contribution in [-0.4, -0.2) is 47.1 Å². The molecule has 1 N–H and O–H groups in total. The Morgan fingerprint density at radius 3 is 2.75 bits per heavy atom. The molecule has 1 saturated carbocycles. The van der Waals surface area contributed by atoms with Crippen LogP contribution >= 0.6 is 0 Å². The van der Waals surface area contributed by atoms with Gasteiger partial charge in [-0.3, -0.25) is 9.59 Å². The van der Waals surface area contributed by atoms with Gasteiger partial charge in [0, 0.05) is 23.7 Å². The second-order valence-electron chi connectivity index (χ2n) is 10.5. The summed E-state index contributed by atoms with van der Waals surface area (Å²) < 4.78 is 18.6. The van der Waals surface area contributed by atoms with Crippen LogP contribution in [0.1, 0.15) is 56.1 Å². The SMILES string of the molecule is COc1cccc(CN2C(=O)c3cc4occc4n3C[C@]2(C)C(=O)N[C@@H]2CCC[C@@H](C)[C@@H]2C)c1OC. The number of methoxy groups -OCH3 is 2. The zero-order valence-corrected chi connectivity index (χ0v) is 21.7. The van der Waals surface area contributed by atoms with E-state index >= 15 is 0 Å². The van der Waals surface area contributed by atoms with Gasteiger partial charge < -0.3 is 28.7 Å². The molecular weight excluding hydrogens is 458 g/mol. The summed E-state index contributed by atoms with van der Waals surface area (Å²) in [5.41, 5.74) is 1.61. The summed E-state index contributed by atoms with van der Waals surface area (Å²) in [4.78, 5) is 29.7. The maximum Gasteiger partial charge on any atom is 0.271 e. The summed E-state index contributed by atoms with van der Waals surface area (Å²) in [5.74, 6) is 1.69. The van der Waals surface area contributed by atoms with E-state index in [0.717, 1.165) is 23.9 Å². The topological polar surface area (TPSA) is 85.9 Å². The van der Waals surface area contributed by atoms with E-state index in [-0.39, 0.29) is 24.4 Å². The molecule has 0 spiro atoms. The number of furan rings is 1. The molecule has 1 aliphatic carbocycles. The largest absolute Gasteiger partial charge is 0.493 e. The lowest BCUT2D eigenvalue weighted by molar-refractivity contribution is -0.134. The molecule has 1 aromatic carbocycles. The molecule has 2 amide bonds. The van der Waals surface area contributed by atoms with Gasteiger partial charge in [0.15, 0.2) is 17.1 Å². The zero-order chi connectivity index (χ0) is 25.6. The summed E-state index contributed by atoms with van der Waals surface area (Å²) in [6, 6.07) is 9.27. The first kappa shape index (κ1) is 24.3. The number of para-hydroxylation sites is 1. The Bertz CT molecular complexity index is 1290. The maximum atomic E-state index is 14.1. The van der Waals surface area contributed by atoms with Crippen molar-refractivity contribution in [3.05, 3.63) is 47.9 Å². The summed E-state index contributed by atoms with van der Waals surface area (Å²) in [6.07, 6.45) is 4.83. The van der Waals surface area contributed by atoms with Crippen molar-refractivity contribution in [1.29, 1.82) is 0 Å². The van der Waals surface area contributed by atoms with Crippen molar-refractivity contribution >= 4 is 22.9 Å². The second kappa shape index (κ2) is 9.22. The van der Waals surface area contributed by atoms with Gasteiger partial charge in [0.1, 0.15) is 11.2 Å². The standard InChI is InChI=1S/C28H35N3O5/c1-17-8-6-10-20(18(17)2)29-27(33)28(3)16-30-21-12-13-36-24(21)14-22(30)26(32)31(28)15-19-9-7-11-23(34-4)25(19)35-5/h7,9,11-14,17-18,20H,6,8,10,15-16H2,1-5H3,(H,29,33)/t17-,18+,20-,28-/m1/s1. The first-order valence-electron chi connectivity index (χ1n) is 12.7. The zero-order valence-electron chi connectivity index (χ0n) is 21.7. The first-order valence-corrected chi connectivity index (χ1v) is 12.7. The molecular formula is C28H35N3O5. The first-order chi connectivity index (χ1) is 17.3. The van der Waals surface area contributed by atoms with Gasteiger partial charge in [0.25, 0.3) is 5.91 Å². The predicted octanol–water partition coefficient (Wildman–Crippen LogP) is 4.61. The molecule has 2 aliphatic rings. The van der Waals surface area contributed by atoms with Gasteiger partial charge in [-0.1, -0.05) is 38.8 Å². The van der Waals surface area contributed by atoms with Crippen LogP contribution in [0.4, 0.5) is 0 Å². The van der Waals surface area contributed by atoms with Crippen LogP contribution in [0, 0.1) is 11.8 Å². The Hall–Kier alpha value is -3.42. The highest BCUT2D eigenvalue weighted by molar-refractivity contribution is 6.03. The molecule has 8 nitrogen and oxygen atoms in total. The van der Waals surface area contributed by atoms with Crippen molar-refractivity contribution in [1.82, 2.24) is 14.8 Å². The minimum Gasteiger partial charge on any atom is -0.493 e. The van der Waals surface area contributed by atoms with Crippen LogP contribution in [0.15, 0.2) is 41.0 Å². The van der Waals surface area contributed by atoms with Crippen molar-refractivity contribution in [3.63, 3.8) is 0 Å². The van der Waals surface area contributed by atoms with E-state index in [9.17, 15) is 9.59 Å². The van der Waals surface area contributed by atoms with Crippen LogP contribution < -0.4 is 14.8 Å². The van der Waals surface area contributed by atoms with E-state index < -0.39 is 5.54 Å². The Labute approximate surface area is 211 Å². The minimum atomic E-state index is -1.12. The lowest BCUT2D eigenvalue weighted by atomic mass is 9.77. The third-order valence-corrected chi connectivity index (χ3v) is 8.37. The maximum absolute atomic E-state index is 14.1. The smallest absolute Gasteiger partial charge is 0.271 e. The number of aromatic nitrogens is 1. The van der Waals surface area contributed by atoms with Crippen molar-refractivity contribution in [2.24, 2.45) is 11.8 Å². The lowest BCUT2D eigenvalue weighted by Gasteiger charge is -2.45. The Morgan fingerprint density at radius 1 is 1.19 bits per heavy atom. The molecule has 36 heavy (non-hydrogen) atoms. The fraction of sp³-hybridized carbons (Fsp3) is 0.500. The van der Waals surface area contributed by atoms with Gasteiger partial charge in [-0.15, -0.1) is 0 Å². The Kier molecular flexibility index (Phi) is 6.22. The Balaban J connectivity index is 1.55. The number of nitrogens with one attached hydrogen (secondary N) is 1. The second-order valence-corrected chi connectivity index (χ2v) is 10.5. The molecule has 1 fully saturated rings. The van der Waals surface area contributed by atoms with Crippen molar-refractivity contribution in [2.75, 3.05) is 14.2 Å². The fourth-order valence-electron chi connectivity index (χ4n) is 5.88. The monoisotopic (exact) mass is 493 g/mol. The lowest BCUT2D eigenvalue weighted by Crippen LogP contribution is -2.65. The molecule has 2 aromatic heterocycles. The van der Waals surface area contributed by atoms with E-state index in [1.807, 2.05) is 35.8 Å². The molecule has 192 valence electrons. The quantitative estimate of drug-likeness (QED) is 0.542. The predicted molar refractivity (Wildman–Crippen MR) is 136 cm³/mol. The Morgan fingerprint density at radius 2 is 2.00 bits per heavy atom. The molecule has 3 heterocycles. The van der Waals surface area contributed by atoms with Crippen LogP contribution in [0.25, 0.3) is 11.1 Å². The number of amides is 2. The average Bonchev–Trinajstić information content (AvgIpc) is 3.46. The number of carbonyl (C=O) groups is 2. The molecule has 0 saturated heterocycles. The van der Waals surface area contributed by atoms with E-state index in [0.29, 0.717) is 41.2 Å². The minimum absolute atomic E-state index is 0.0846. The number of ether oxygens (including phenoxy) is 2. The van der Waals surface area contributed by atoms with Crippen LogP contribution in [-0.2, 0) is 17.9 Å². The molecule has 4 atom stereocenters. The fourth-order valence-corrected chi connectivity index (χ4v) is 5.88. The molecule has 0 radical (unpaired) electrons. The third kappa shape index (κ3) is 3.83. The van der Waals surface area contributed by atoms with E-state index in [1.54, 1.807) is 31.4 Å². The summed E-state index contributed by atoms with van der Waals surface area (Å²) in [5, 5.41) is 3.34. The highest BCUT2D eigenvalue weighted by atomic mass is 16.5. The number of hydrogen-bond acceptors (Lipinski definition) is 5. The summed E-state index contributed by atoms with van der Waals surface area (Å²) >= 11 is 0. The van der Waals surface area contributed by atoms with Gasteiger partial charge in [-0.05, 0) is 31.2 Å². The van der Waals surface area contributed by atoms with Crippen LogP contribution in [0.5, 0.6) is 11.5 Å². The van der Waals surface area contributed by atoms with Crippen molar-refractivity contribution in [3.8, 4) is 11.5 Å². The normalized spacial score (nSPS) is 26.1. The van der Waals surface area contributed by atoms with Gasteiger partial charge in [-0.2, -0.15) is 0 Å². The number of benzene rings is 1. The molecule has 0 bridgehead atoms. The van der Waals surface area contributed by atoms with Gasteiger partial charge in [0.2, 0.25) is 5.91 Å². The van der Waals surface area contributed by atoms with Gasteiger partial charge in [-0.25, -0.2) is 0 Å². The third-order valence-electron chi connectivity index (χ3n) is 8.37.